The molecule has 1 fully saturated rings. The summed E-state index contributed by atoms with van der Waals surface area (Å²) >= 11 is 1.39. The van der Waals surface area contributed by atoms with Crippen LogP contribution in [0, 0.1) is 6.92 Å². The number of hydrogen-bond donors (Lipinski definition) is 1. The molecular formula is C25H26N4O2S. The van der Waals surface area contributed by atoms with Crippen molar-refractivity contribution >= 4 is 35.1 Å². The highest BCUT2D eigenvalue weighted by atomic mass is 32.2. The number of carbonyl (C=O) groups is 2. The molecule has 2 heterocycles. The predicted molar refractivity (Wildman–Crippen MR) is 129 cm³/mol. The lowest BCUT2D eigenvalue weighted by Crippen LogP contribution is -2.49. The molecule has 164 valence electrons. The summed E-state index contributed by atoms with van der Waals surface area (Å²) in [5.74, 6) is 1.10. The van der Waals surface area contributed by atoms with Crippen molar-refractivity contribution in [1.82, 2.24) is 9.88 Å². The third-order valence-electron chi connectivity index (χ3n) is 5.35. The molecular weight excluding hydrogens is 420 g/mol. The SMILES string of the molecule is Cc1ccc(NC(=O)CSc2ccccc2C(=O)N2CCN(c3ccccn3)CC2)cc1. The minimum Gasteiger partial charge on any atom is -0.353 e. The summed E-state index contributed by atoms with van der Waals surface area (Å²) in [4.78, 5) is 34.9. The van der Waals surface area contributed by atoms with Gasteiger partial charge in [0.15, 0.2) is 0 Å². The van der Waals surface area contributed by atoms with Crippen LogP contribution in [-0.4, -0.2) is 53.6 Å². The van der Waals surface area contributed by atoms with Crippen molar-refractivity contribution in [2.75, 3.05) is 42.1 Å². The number of hydrogen-bond acceptors (Lipinski definition) is 5. The van der Waals surface area contributed by atoms with E-state index in [2.05, 4.69) is 15.2 Å². The Morgan fingerprint density at radius 2 is 1.66 bits per heavy atom. The zero-order valence-corrected chi connectivity index (χ0v) is 18.8. The van der Waals surface area contributed by atoms with Gasteiger partial charge in [-0.1, -0.05) is 35.9 Å². The zero-order chi connectivity index (χ0) is 22.3. The summed E-state index contributed by atoms with van der Waals surface area (Å²) in [6.45, 7) is 4.78. The van der Waals surface area contributed by atoms with E-state index in [4.69, 9.17) is 0 Å². The Labute approximate surface area is 192 Å². The van der Waals surface area contributed by atoms with E-state index in [1.54, 1.807) is 6.20 Å². The number of amides is 2. The molecule has 0 radical (unpaired) electrons. The lowest BCUT2D eigenvalue weighted by Gasteiger charge is -2.35. The fourth-order valence-corrected chi connectivity index (χ4v) is 4.44. The van der Waals surface area contributed by atoms with Crippen LogP contribution in [0.4, 0.5) is 11.5 Å². The Balaban J connectivity index is 1.35. The molecule has 1 aliphatic heterocycles. The number of aromatic nitrogens is 1. The van der Waals surface area contributed by atoms with Crippen molar-refractivity contribution in [1.29, 1.82) is 0 Å². The Kier molecular flexibility index (Phi) is 7.07. The summed E-state index contributed by atoms with van der Waals surface area (Å²) in [6.07, 6.45) is 1.79. The van der Waals surface area contributed by atoms with E-state index in [0.717, 1.165) is 35.1 Å². The standard InChI is InChI=1S/C25H26N4O2S/c1-19-9-11-20(12-10-19)27-24(30)18-32-22-7-3-2-6-21(22)25(31)29-16-14-28(15-17-29)23-8-4-5-13-26-23/h2-13H,14-18H2,1H3,(H,27,30). The molecule has 0 atom stereocenters. The molecule has 1 N–H and O–H groups in total. The van der Waals surface area contributed by atoms with Crippen molar-refractivity contribution in [3.05, 3.63) is 84.1 Å². The largest absolute Gasteiger partial charge is 0.353 e. The third kappa shape index (κ3) is 5.48. The van der Waals surface area contributed by atoms with Crippen molar-refractivity contribution in [3.63, 3.8) is 0 Å². The number of piperazine rings is 1. The van der Waals surface area contributed by atoms with Crippen LogP contribution < -0.4 is 10.2 Å². The fraction of sp³-hybridized carbons (Fsp3) is 0.240. The first kappa shape index (κ1) is 21.9. The highest BCUT2D eigenvalue weighted by molar-refractivity contribution is 8.00. The van der Waals surface area contributed by atoms with Gasteiger partial charge in [0.1, 0.15) is 5.82 Å². The van der Waals surface area contributed by atoms with Gasteiger partial charge in [-0.3, -0.25) is 9.59 Å². The molecule has 3 aromatic rings. The molecule has 6 nitrogen and oxygen atoms in total. The second kappa shape index (κ2) is 10.3. The van der Waals surface area contributed by atoms with Crippen molar-refractivity contribution in [2.24, 2.45) is 0 Å². The van der Waals surface area contributed by atoms with E-state index in [-0.39, 0.29) is 17.6 Å². The van der Waals surface area contributed by atoms with Gasteiger partial charge in [0, 0.05) is 43.0 Å². The normalized spacial score (nSPS) is 13.7. The van der Waals surface area contributed by atoms with E-state index in [0.29, 0.717) is 18.7 Å². The van der Waals surface area contributed by atoms with Crippen LogP contribution in [0.25, 0.3) is 0 Å². The van der Waals surface area contributed by atoms with E-state index in [1.807, 2.05) is 78.6 Å². The Morgan fingerprint density at radius 3 is 2.38 bits per heavy atom. The van der Waals surface area contributed by atoms with Gasteiger partial charge in [0.2, 0.25) is 5.91 Å². The van der Waals surface area contributed by atoms with Crippen LogP contribution in [0.3, 0.4) is 0 Å². The molecule has 1 aromatic heterocycles. The second-order valence-corrected chi connectivity index (χ2v) is 8.68. The molecule has 0 unspecified atom stereocenters. The molecule has 1 aliphatic rings. The lowest BCUT2D eigenvalue weighted by molar-refractivity contribution is -0.113. The number of nitrogens with one attached hydrogen (secondary N) is 1. The maximum absolute atomic E-state index is 13.2. The molecule has 0 bridgehead atoms. The number of nitrogens with zero attached hydrogens (tertiary/aromatic N) is 3. The van der Waals surface area contributed by atoms with Gasteiger partial charge >= 0.3 is 0 Å². The molecule has 2 amide bonds. The van der Waals surface area contributed by atoms with Crippen LogP contribution in [0.1, 0.15) is 15.9 Å². The quantitative estimate of drug-likeness (QED) is 0.578. The van der Waals surface area contributed by atoms with Crippen molar-refractivity contribution in [2.45, 2.75) is 11.8 Å². The van der Waals surface area contributed by atoms with Gasteiger partial charge in [-0.25, -0.2) is 4.98 Å². The fourth-order valence-electron chi connectivity index (χ4n) is 3.60. The number of rotatable bonds is 6. The lowest BCUT2D eigenvalue weighted by atomic mass is 10.2. The van der Waals surface area contributed by atoms with Crippen LogP contribution >= 0.6 is 11.8 Å². The number of carbonyl (C=O) groups excluding carboxylic acids is 2. The minimum atomic E-state index is -0.0925. The first-order chi connectivity index (χ1) is 15.6. The molecule has 1 saturated heterocycles. The van der Waals surface area contributed by atoms with Crippen molar-refractivity contribution in [3.8, 4) is 0 Å². The van der Waals surface area contributed by atoms with Crippen LogP contribution in [0.2, 0.25) is 0 Å². The van der Waals surface area contributed by atoms with Gasteiger partial charge in [-0.05, 0) is 43.3 Å². The third-order valence-corrected chi connectivity index (χ3v) is 6.43. The average molecular weight is 447 g/mol. The van der Waals surface area contributed by atoms with Gasteiger partial charge in [-0.2, -0.15) is 0 Å². The molecule has 2 aromatic carbocycles. The maximum Gasteiger partial charge on any atom is 0.255 e. The van der Waals surface area contributed by atoms with Gasteiger partial charge in [-0.15, -0.1) is 11.8 Å². The minimum absolute atomic E-state index is 0.00714. The highest BCUT2D eigenvalue weighted by Crippen LogP contribution is 2.25. The Morgan fingerprint density at radius 1 is 0.938 bits per heavy atom. The number of thioether (sulfide) groups is 1. The summed E-state index contributed by atoms with van der Waals surface area (Å²) < 4.78 is 0. The van der Waals surface area contributed by atoms with Gasteiger partial charge in [0.25, 0.3) is 5.91 Å². The molecule has 0 aliphatic carbocycles. The molecule has 32 heavy (non-hydrogen) atoms. The zero-order valence-electron chi connectivity index (χ0n) is 18.0. The maximum atomic E-state index is 13.2. The number of aryl methyl sites for hydroxylation is 1. The summed E-state index contributed by atoms with van der Waals surface area (Å²) in [6, 6.07) is 21.1. The first-order valence-electron chi connectivity index (χ1n) is 10.6. The van der Waals surface area contributed by atoms with Gasteiger partial charge < -0.3 is 15.1 Å². The van der Waals surface area contributed by atoms with Crippen LogP contribution in [0.5, 0.6) is 0 Å². The highest BCUT2D eigenvalue weighted by Gasteiger charge is 2.24. The van der Waals surface area contributed by atoms with Crippen molar-refractivity contribution < 1.29 is 9.59 Å². The average Bonchev–Trinajstić information content (AvgIpc) is 2.84. The van der Waals surface area contributed by atoms with E-state index in [9.17, 15) is 9.59 Å². The van der Waals surface area contributed by atoms with E-state index in [1.165, 1.54) is 11.8 Å². The summed E-state index contributed by atoms with van der Waals surface area (Å²) in [7, 11) is 0. The van der Waals surface area contributed by atoms with Crippen LogP contribution in [0.15, 0.2) is 77.8 Å². The topological polar surface area (TPSA) is 65.5 Å². The Bertz CT molecular complexity index is 1060. The second-order valence-electron chi connectivity index (χ2n) is 7.67. The smallest absolute Gasteiger partial charge is 0.255 e. The van der Waals surface area contributed by atoms with Crippen LogP contribution in [-0.2, 0) is 4.79 Å². The Hall–Kier alpha value is -3.32. The van der Waals surface area contributed by atoms with E-state index >= 15 is 0 Å². The number of benzene rings is 2. The monoisotopic (exact) mass is 446 g/mol. The predicted octanol–water partition coefficient (Wildman–Crippen LogP) is 4.08. The molecule has 4 rings (SSSR count). The molecule has 0 spiro atoms. The molecule has 0 saturated carbocycles. The number of anilines is 2. The molecule has 7 heteroatoms. The van der Waals surface area contributed by atoms with E-state index < -0.39 is 0 Å². The number of pyridine rings is 1. The van der Waals surface area contributed by atoms with Gasteiger partial charge in [0.05, 0.1) is 11.3 Å². The summed E-state index contributed by atoms with van der Waals surface area (Å²) in [5.41, 5.74) is 2.56. The summed E-state index contributed by atoms with van der Waals surface area (Å²) in [5, 5.41) is 2.91. The first-order valence-corrected chi connectivity index (χ1v) is 11.6.